The number of hydrogen-bond acceptors (Lipinski definition) is 6. The predicted octanol–water partition coefficient (Wildman–Crippen LogP) is 4.61. The van der Waals surface area contributed by atoms with Gasteiger partial charge in [-0.2, -0.15) is 0 Å². The SMILES string of the molecule is CCCSc1nnc(SCC(=O)NCCc2ccc(C(C)C)cc2)s1. The van der Waals surface area contributed by atoms with E-state index in [0.717, 1.165) is 27.3 Å². The lowest BCUT2D eigenvalue weighted by molar-refractivity contribution is -0.118. The maximum Gasteiger partial charge on any atom is 0.230 e. The fourth-order valence-corrected chi connectivity index (χ4v) is 4.87. The summed E-state index contributed by atoms with van der Waals surface area (Å²) in [6, 6.07) is 8.63. The molecule has 0 aliphatic rings. The summed E-state index contributed by atoms with van der Waals surface area (Å²) in [7, 11) is 0. The second kappa shape index (κ2) is 10.8. The van der Waals surface area contributed by atoms with Crippen molar-refractivity contribution in [3.63, 3.8) is 0 Å². The first-order valence-electron chi connectivity index (χ1n) is 8.53. The van der Waals surface area contributed by atoms with Gasteiger partial charge in [0.1, 0.15) is 0 Å². The number of rotatable bonds is 10. The van der Waals surface area contributed by atoms with Crippen LogP contribution in [0.4, 0.5) is 0 Å². The standard InChI is InChI=1S/C18H25N3OS3/c1-4-11-23-17-20-21-18(25-17)24-12-16(22)19-10-9-14-5-7-15(8-6-14)13(2)3/h5-8,13H,4,9-12H2,1-3H3,(H,19,22). The Morgan fingerprint density at radius 3 is 2.48 bits per heavy atom. The molecule has 0 saturated carbocycles. The first-order chi connectivity index (χ1) is 12.1. The Morgan fingerprint density at radius 1 is 1.16 bits per heavy atom. The molecule has 0 aliphatic carbocycles. The molecule has 25 heavy (non-hydrogen) atoms. The highest BCUT2D eigenvalue weighted by molar-refractivity contribution is 8.03. The van der Waals surface area contributed by atoms with Gasteiger partial charge in [0, 0.05) is 12.3 Å². The number of thioether (sulfide) groups is 2. The Balaban J connectivity index is 1.66. The number of carbonyl (C=O) groups excluding carboxylic acids is 1. The number of benzene rings is 1. The van der Waals surface area contributed by atoms with Gasteiger partial charge < -0.3 is 5.32 Å². The van der Waals surface area contributed by atoms with Crippen LogP contribution in [-0.2, 0) is 11.2 Å². The minimum absolute atomic E-state index is 0.0433. The molecule has 0 fully saturated rings. The van der Waals surface area contributed by atoms with Gasteiger partial charge in [0.25, 0.3) is 0 Å². The zero-order valence-corrected chi connectivity index (χ0v) is 17.4. The smallest absolute Gasteiger partial charge is 0.230 e. The van der Waals surface area contributed by atoms with Gasteiger partial charge in [-0.25, -0.2) is 0 Å². The molecule has 0 bridgehead atoms. The molecular weight excluding hydrogens is 370 g/mol. The van der Waals surface area contributed by atoms with E-state index < -0.39 is 0 Å². The third kappa shape index (κ3) is 7.38. The first-order valence-corrected chi connectivity index (χ1v) is 11.3. The fraction of sp³-hybridized carbons (Fsp3) is 0.500. The monoisotopic (exact) mass is 395 g/mol. The number of carbonyl (C=O) groups is 1. The van der Waals surface area contributed by atoms with Crippen LogP contribution < -0.4 is 5.32 Å². The number of nitrogens with zero attached hydrogens (tertiary/aromatic N) is 2. The van der Waals surface area contributed by atoms with Crippen molar-refractivity contribution < 1.29 is 4.79 Å². The van der Waals surface area contributed by atoms with E-state index in [1.54, 1.807) is 23.1 Å². The highest BCUT2D eigenvalue weighted by Crippen LogP contribution is 2.28. The Bertz CT molecular complexity index is 656. The molecular formula is C18H25N3OS3. The molecule has 0 spiro atoms. The van der Waals surface area contributed by atoms with Crippen LogP contribution in [0.1, 0.15) is 44.2 Å². The van der Waals surface area contributed by atoms with Crippen molar-refractivity contribution >= 4 is 40.8 Å². The normalized spacial score (nSPS) is 11.0. The highest BCUT2D eigenvalue weighted by atomic mass is 32.2. The lowest BCUT2D eigenvalue weighted by atomic mass is 10.0. The molecule has 0 atom stereocenters. The van der Waals surface area contributed by atoms with Gasteiger partial charge in [0.15, 0.2) is 8.68 Å². The Hall–Kier alpha value is -1.05. The van der Waals surface area contributed by atoms with Crippen molar-refractivity contribution in [2.45, 2.75) is 48.2 Å². The summed E-state index contributed by atoms with van der Waals surface area (Å²) >= 11 is 4.74. The molecule has 2 rings (SSSR count). The van der Waals surface area contributed by atoms with E-state index in [1.807, 2.05) is 0 Å². The summed E-state index contributed by atoms with van der Waals surface area (Å²) in [5, 5.41) is 11.2. The third-order valence-corrected chi connectivity index (χ3v) is 6.92. The highest BCUT2D eigenvalue weighted by Gasteiger charge is 2.08. The molecule has 2 aromatic rings. The molecule has 1 aromatic heterocycles. The lowest BCUT2D eigenvalue weighted by Crippen LogP contribution is -2.27. The largest absolute Gasteiger partial charge is 0.355 e. The van der Waals surface area contributed by atoms with E-state index >= 15 is 0 Å². The van der Waals surface area contributed by atoms with Crippen LogP contribution in [0.3, 0.4) is 0 Å². The van der Waals surface area contributed by atoms with Crippen LogP contribution in [0, 0.1) is 0 Å². The molecule has 1 N–H and O–H groups in total. The average Bonchev–Trinajstić information content (AvgIpc) is 3.06. The van der Waals surface area contributed by atoms with Gasteiger partial charge in [-0.05, 0) is 29.9 Å². The van der Waals surface area contributed by atoms with Crippen LogP contribution in [0.15, 0.2) is 32.9 Å². The Labute approximate surface area is 162 Å². The number of nitrogens with one attached hydrogen (secondary N) is 1. The van der Waals surface area contributed by atoms with Gasteiger partial charge in [-0.15, -0.1) is 10.2 Å². The van der Waals surface area contributed by atoms with Gasteiger partial charge in [-0.3, -0.25) is 4.79 Å². The van der Waals surface area contributed by atoms with Crippen LogP contribution >= 0.6 is 34.9 Å². The molecule has 7 heteroatoms. The summed E-state index contributed by atoms with van der Waals surface area (Å²) in [5.74, 6) is 2.03. The second-order valence-corrected chi connectivity index (χ2v) is 9.51. The summed E-state index contributed by atoms with van der Waals surface area (Å²) in [6.07, 6.45) is 1.97. The van der Waals surface area contributed by atoms with Crippen molar-refractivity contribution in [2.24, 2.45) is 0 Å². The Morgan fingerprint density at radius 2 is 1.84 bits per heavy atom. The average molecular weight is 396 g/mol. The van der Waals surface area contributed by atoms with Crippen molar-refractivity contribution in [1.82, 2.24) is 15.5 Å². The molecule has 4 nitrogen and oxygen atoms in total. The molecule has 0 unspecified atom stereocenters. The summed E-state index contributed by atoms with van der Waals surface area (Å²) in [5.41, 5.74) is 2.59. The van der Waals surface area contributed by atoms with Crippen LogP contribution in [0.2, 0.25) is 0 Å². The zero-order valence-electron chi connectivity index (χ0n) is 14.9. The van der Waals surface area contributed by atoms with E-state index in [4.69, 9.17) is 0 Å². The van der Waals surface area contributed by atoms with E-state index in [1.165, 1.54) is 22.9 Å². The van der Waals surface area contributed by atoms with Gasteiger partial charge in [0.2, 0.25) is 5.91 Å². The lowest BCUT2D eigenvalue weighted by Gasteiger charge is -2.07. The van der Waals surface area contributed by atoms with Crippen molar-refractivity contribution in [1.29, 1.82) is 0 Å². The van der Waals surface area contributed by atoms with Crippen LogP contribution in [0.25, 0.3) is 0 Å². The summed E-state index contributed by atoms with van der Waals surface area (Å²) in [6.45, 7) is 7.19. The van der Waals surface area contributed by atoms with Crippen LogP contribution in [0.5, 0.6) is 0 Å². The van der Waals surface area contributed by atoms with E-state index in [0.29, 0.717) is 18.2 Å². The minimum atomic E-state index is 0.0433. The van der Waals surface area contributed by atoms with E-state index in [2.05, 4.69) is 60.6 Å². The summed E-state index contributed by atoms with van der Waals surface area (Å²) in [4.78, 5) is 11.9. The quantitative estimate of drug-likeness (QED) is 0.595. The number of hydrogen-bond donors (Lipinski definition) is 1. The Kier molecular flexibility index (Phi) is 8.78. The maximum absolute atomic E-state index is 11.9. The van der Waals surface area contributed by atoms with E-state index in [-0.39, 0.29) is 5.91 Å². The number of aromatic nitrogens is 2. The first kappa shape index (κ1) is 20.3. The second-order valence-electron chi connectivity index (χ2n) is 5.97. The minimum Gasteiger partial charge on any atom is -0.355 e. The van der Waals surface area contributed by atoms with Crippen molar-refractivity contribution in [3.8, 4) is 0 Å². The molecule has 0 radical (unpaired) electrons. The molecule has 0 aliphatic heterocycles. The topological polar surface area (TPSA) is 54.9 Å². The maximum atomic E-state index is 11.9. The van der Waals surface area contributed by atoms with Gasteiger partial charge in [-0.1, -0.05) is 79.9 Å². The van der Waals surface area contributed by atoms with Crippen molar-refractivity contribution in [2.75, 3.05) is 18.1 Å². The zero-order chi connectivity index (χ0) is 18.1. The molecule has 1 amide bonds. The van der Waals surface area contributed by atoms with E-state index in [9.17, 15) is 4.79 Å². The predicted molar refractivity (Wildman–Crippen MR) is 109 cm³/mol. The van der Waals surface area contributed by atoms with Crippen molar-refractivity contribution in [3.05, 3.63) is 35.4 Å². The molecule has 0 saturated heterocycles. The third-order valence-electron chi connectivity index (χ3n) is 3.53. The van der Waals surface area contributed by atoms with Gasteiger partial charge >= 0.3 is 0 Å². The van der Waals surface area contributed by atoms with Gasteiger partial charge in [0.05, 0.1) is 5.75 Å². The summed E-state index contributed by atoms with van der Waals surface area (Å²) < 4.78 is 1.84. The number of amides is 1. The molecule has 136 valence electrons. The molecule has 1 aromatic carbocycles. The van der Waals surface area contributed by atoms with Crippen LogP contribution in [-0.4, -0.2) is 34.2 Å². The molecule has 1 heterocycles. The fourth-order valence-electron chi connectivity index (χ4n) is 2.10.